The molecule has 0 aliphatic carbocycles. The van der Waals surface area contributed by atoms with Gasteiger partial charge in [0.15, 0.2) is 0 Å². The normalized spacial score (nSPS) is 3.00. The van der Waals surface area contributed by atoms with E-state index in [0.29, 0.717) is 0 Å². The van der Waals surface area contributed by atoms with Crippen LogP contribution in [0.15, 0.2) is 0 Å². The Morgan fingerprint density at radius 2 is 1.75 bits per heavy atom. The van der Waals surface area contributed by atoms with Crippen LogP contribution in [0.4, 0.5) is 0 Å². The second kappa shape index (κ2) is 8.82. The number of aliphatic hydroxyl groups excluding tert-OH is 1. The molecule has 0 spiro atoms. The van der Waals surface area contributed by atoms with Crippen molar-refractivity contribution in [1.29, 1.82) is 0 Å². The van der Waals surface area contributed by atoms with Gasteiger partial charge in [-0.05, 0) is 0 Å². The number of hydrogen-bond donors (Lipinski definition) is 1. The Morgan fingerprint density at radius 3 is 1.75 bits per heavy atom. The minimum Gasteiger partial charge on any atom is -0.694 e. The van der Waals surface area contributed by atoms with Crippen LogP contribution in [0.2, 0.25) is 0 Å². The van der Waals surface area contributed by atoms with Gasteiger partial charge in [-0.3, -0.25) is 0 Å². The summed E-state index contributed by atoms with van der Waals surface area (Å²) in [5.41, 5.74) is 1.33. The van der Waals surface area contributed by atoms with E-state index >= 15 is 0 Å². The summed E-state index contributed by atoms with van der Waals surface area (Å²) in [7, 11) is 0. The molecule has 0 aromatic rings. The van der Waals surface area contributed by atoms with Gasteiger partial charge >= 0.3 is 51.4 Å². The molecule has 1 N–H and O–H groups in total. The van der Waals surface area contributed by atoms with Gasteiger partial charge in [-0.25, -0.2) is 5.55 Å². The van der Waals surface area contributed by atoms with Crippen molar-refractivity contribution in [3.63, 3.8) is 0 Å². The first-order chi connectivity index (χ1) is 1.41. The first-order valence-electron chi connectivity index (χ1n) is 0.428. The first kappa shape index (κ1) is 9.11. The van der Waals surface area contributed by atoms with Crippen molar-refractivity contribution in [2.45, 2.75) is 0 Å². The van der Waals surface area contributed by atoms with Crippen molar-refractivity contribution in [1.82, 2.24) is 0 Å². The number of aliphatic hydroxyl groups is 1. The predicted octanol–water partition coefficient (Wildman–Crippen LogP) is -2.62. The van der Waals surface area contributed by atoms with E-state index < -0.39 is 0 Å². The molecule has 0 heterocycles. The van der Waals surface area contributed by atoms with Gasteiger partial charge in [0, 0.05) is 0 Å². The van der Waals surface area contributed by atoms with E-state index in [2.05, 4.69) is 12.2 Å². The quantitative estimate of drug-likeness (QED) is 0.204. The second-order valence-electron chi connectivity index (χ2n) is 0.0913. The maximum atomic E-state index is 7.13. The Kier molecular flexibility index (Phi) is 20.1. The molecule has 1 nitrogen and oxygen atoms in total. The molecule has 0 atom stereocenters. The zero-order valence-electron chi connectivity index (χ0n) is 2.36. The van der Waals surface area contributed by atoms with E-state index in [1.54, 1.807) is 0 Å². The van der Waals surface area contributed by atoms with Crippen molar-refractivity contribution in [2.75, 3.05) is 0 Å². The fraction of sp³-hybridized carbons (Fsp3) is 0. The molecule has 0 fully saturated rings. The Hall–Kier alpha value is 1.53. The van der Waals surface area contributed by atoms with Crippen LogP contribution >= 0.6 is 12.2 Å². The Morgan fingerprint density at radius 1 is 1.75 bits per heavy atom. The molecule has 0 aliphatic heterocycles. The fourth-order valence-corrected chi connectivity index (χ4v) is 0. The van der Waals surface area contributed by atoms with Gasteiger partial charge in [-0.1, -0.05) is 0 Å². The number of rotatable bonds is 0. The molecule has 4 heavy (non-hydrogen) atoms. The summed E-state index contributed by atoms with van der Waals surface area (Å²) in [6, 6.07) is 0. The average molecular weight is 100 g/mol. The van der Waals surface area contributed by atoms with E-state index in [0.717, 1.165) is 0 Å². The van der Waals surface area contributed by atoms with Crippen LogP contribution in [0.25, 0.3) is 0 Å². The first-order valence-corrected chi connectivity index (χ1v) is 0.836. The third-order valence-corrected chi connectivity index (χ3v) is 0. The smallest absolute Gasteiger partial charge is 0.694 e. The minimum absolute atomic E-state index is 0. The molecule has 0 saturated heterocycles. The summed E-state index contributed by atoms with van der Waals surface area (Å²) < 4.78 is 0. The molecule has 18 valence electrons. The standard InChI is InChI=1S/CHOS.K/c2-1-3;/h(H,2,3);/q-1;+1. The van der Waals surface area contributed by atoms with Gasteiger partial charge in [0.2, 0.25) is 0 Å². The van der Waals surface area contributed by atoms with E-state index in [9.17, 15) is 0 Å². The molecule has 0 rings (SSSR count). The van der Waals surface area contributed by atoms with Crippen molar-refractivity contribution < 1.29 is 56.5 Å². The largest absolute Gasteiger partial charge is 1.00 e. The molecule has 0 aliphatic rings. The van der Waals surface area contributed by atoms with Crippen LogP contribution < -0.4 is 51.4 Å². The summed E-state index contributed by atoms with van der Waals surface area (Å²) in [4.78, 5) is 0. The molecule has 0 amide bonds. The Bertz CT molecular complexity index is 15.5. The molecule has 0 bridgehead atoms. The van der Waals surface area contributed by atoms with Crippen molar-refractivity contribution >= 4 is 17.8 Å². The van der Waals surface area contributed by atoms with E-state index in [1.807, 2.05) is 0 Å². The summed E-state index contributed by atoms with van der Waals surface area (Å²) in [5, 5.41) is 7.13. The third kappa shape index (κ3) is 9.66. The topological polar surface area (TPSA) is 20.2 Å². The van der Waals surface area contributed by atoms with Gasteiger partial charge in [0.05, 0.1) is 0 Å². The van der Waals surface area contributed by atoms with Crippen LogP contribution in [0.5, 0.6) is 0 Å². The van der Waals surface area contributed by atoms with Gasteiger partial charge in [0.1, 0.15) is 0 Å². The zero-order chi connectivity index (χ0) is 2.71. The van der Waals surface area contributed by atoms with E-state index in [-0.39, 0.29) is 51.4 Å². The Labute approximate surface area is 72.8 Å². The molecule has 0 saturated carbocycles. The molecular formula is CHKOS. The van der Waals surface area contributed by atoms with Crippen LogP contribution in [0.3, 0.4) is 0 Å². The van der Waals surface area contributed by atoms with Gasteiger partial charge < -0.3 is 17.3 Å². The summed E-state index contributed by atoms with van der Waals surface area (Å²) in [6.45, 7) is 0. The van der Waals surface area contributed by atoms with Crippen LogP contribution in [0.1, 0.15) is 0 Å². The molecular weight excluding hydrogens is 99.2 g/mol. The molecule has 0 radical (unpaired) electrons. The summed E-state index contributed by atoms with van der Waals surface area (Å²) >= 11 is 3.70. The Balaban J connectivity index is 0. The number of hydrogen-bond acceptors (Lipinski definition) is 1. The summed E-state index contributed by atoms with van der Waals surface area (Å²) in [5.74, 6) is 0. The third-order valence-electron chi connectivity index (χ3n) is 0. The van der Waals surface area contributed by atoms with Gasteiger partial charge in [-0.2, -0.15) is 0 Å². The van der Waals surface area contributed by atoms with Crippen molar-refractivity contribution in [3.8, 4) is 0 Å². The summed E-state index contributed by atoms with van der Waals surface area (Å²) in [6.07, 6.45) is 0. The fourth-order valence-electron chi connectivity index (χ4n) is 0. The molecule has 3 heteroatoms. The minimum atomic E-state index is 0. The van der Waals surface area contributed by atoms with Gasteiger partial charge in [-0.15, -0.1) is 0 Å². The molecule has 0 aromatic heterocycles. The van der Waals surface area contributed by atoms with Crippen LogP contribution in [0, 0.1) is 0 Å². The number of thiocarbonyl (C=S) groups is 1. The molecule has 0 unspecified atom stereocenters. The van der Waals surface area contributed by atoms with Crippen molar-refractivity contribution in [3.05, 3.63) is 0 Å². The van der Waals surface area contributed by atoms with Crippen LogP contribution in [-0.4, -0.2) is 10.7 Å². The maximum absolute atomic E-state index is 7.13. The van der Waals surface area contributed by atoms with E-state index in [1.165, 1.54) is 5.55 Å². The van der Waals surface area contributed by atoms with Gasteiger partial charge in [0.25, 0.3) is 0 Å². The average Bonchev–Trinajstić information content (AvgIpc) is 0.918. The molecule has 0 aromatic carbocycles. The SMILES string of the molecule is O[C-]=S.[K+]. The second-order valence-corrected chi connectivity index (χ2v) is 0.274. The maximum Gasteiger partial charge on any atom is 1.00 e. The van der Waals surface area contributed by atoms with E-state index in [4.69, 9.17) is 5.11 Å². The zero-order valence-corrected chi connectivity index (χ0v) is 6.30. The monoisotopic (exact) mass is 99.9 g/mol. The predicted molar refractivity (Wildman–Crippen MR) is 15.2 cm³/mol. The van der Waals surface area contributed by atoms with Crippen LogP contribution in [-0.2, 0) is 0 Å². The van der Waals surface area contributed by atoms with Crippen molar-refractivity contribution in [2.24, 2.45) is 0 Å².